The zero-order chi connectivity index (χ0) is 26.3. The average Bonchev–Trinajstić information content (AvgIpc) is 2.80. The molecule has 0 unspecified atom stereocenters. The molecule has 1 aliphatic rings. The minimum Gasteiger partial charge on any atom is -0.506 e. The molecule has 0 saturated heterocycles. The van der Waals surface area contributed by atoms with Crippen LogP contribution in [0.1, 0.15) is 21.5 Å². The lowest BCUT2D eigenvalue weighted by atomic mass is 9.93. The van der Waals surface area contributed by atoms with Crippen molar-refractivity contribution < 1.29 is 36.6 Å². The number of anilines is 2. The quantitative estimate of drug-likeness (QED) is 0.362. The molecule has 0 bridgehead atoms. The van der Waals surface area contributed by atoms with Gasteiger partial charge in [-0.3, -0.25) is 9.52 Å². The minimum absolute atomic E-state index is 0.123. The third-order valence-electron chi connectivity index (χ3n) is 5.71. The largest absolute Gasteiger partial charge is 0.506 e. The molecule has 7 nitrogen and oxygen atoms in total. The van der Waals surface area contributed by atoms with Gasteiger partial charge < -0.3 is 15.1 Å². The Morgan fingerprint density at radius 1 is 1.03 bits per heavy atom. The second kappa shape index (κ2) is 9.75. The van der Waals surface area contributed by atoms with Crippen LogP contribution in [0.4, 0.5) is 24.5 Å². The van der Waals surface area contributed by atoms with E-state index in [1.165, 1.54) is 29.2 Å². The smallest absolute Gasteiger partial charge is 0.416 e. The number of amides is 1. The van der Waals surface area contributed by atoms with Gasteiger partial charge >= 0.3 is 6.18 Å². The topological polar surface area (TPSA) is 107 Å². The van der Waals surface area contributed by atoms with Crippen LogP contribution in [-0.2, 0) is 22.6 Å². The number of sulfonamides is 1. The summed E-state index contributed by atoms with van der Waals surface area (Å²) in [5.41, 5.74) is 1.81. The van der Waals surface area contributed by atoms with Gasteiger partial charge in [0.2, 0.25) is 10.0 Å². The summed E-state index contributed by atoms with van der Waals surface area (Å²) in [5.74, 6) is -1.23. The van der Waals surface area contributed by atoms with Crippen molar-refractivity contribution in [1.82, 2.24) is 0 Å². The molecular formula is C24H20BrF3N2O5S. The summed E-state index contributed by atoms with van der Waals surface area (Å²) >= 11 is 3.21. The van der Waals surface area contributed by atoms with Crippen molar-refractivity contribution in [3.63, 3.8) is 0 Å². The number of alkyl halides is 3. The van der Waals surface area contributed by atoms with E-state index in [-0.39, 0.29) is 28.4 Å². The molecule has 4 rings (SSSR count). The molecule has 3 aromatic rings. The second-order valence-corrected chi connectivity index (χ2v) is 10.8. The molecule has 3 aromatic carbocycles. The average molecular weight is 585 g/mol. The number of carbonyl (C=O) groups is 1. The van der Waals surface area contributed by atoms with E-state index in [4.69, 9.17) is 5.11 Å². The van der Waals surface area contributed by atoms with E-state index in [1.807, 2.05) is 0 Å². The Morgan fingerprint density at radius 3 is 2.42 bits per heavy atom. The van der Waals surface area contributed by atoms with Gasteiger partial charge in [-0.25, -0.2) is 8.42 Å². The van der Waals surface area contributed by atoms with Crippen LogP contribution < -0.4 is 9.62 Å². The number of rotatable bonds is 6. The lowest BCUT2D eigenvalue weighted by Gasteiger charge is -2.29. The molecule has 36 heavy (non-hydrogen) atoms. The highest BCUT2D eigenvalue weighted by Gasteiger charge is 2.31. The Labute approximate surface area is 213 Å². The highest BCUT2D eigenvalue weighted by atomic mass is 79.9. The second-order valence-electron chi connectivity index (χ2n) is 8.12. The van der Waals surface area contributed by atoms with Gasteiger partial charge in [0.25, 0.3) is 5.91 Å². The number of fused-ring (bicyclic) bond motifs is 1. The number of halogens is 4. The highest BCUT2D eigenvalue weighted by molar-refractivity contribution is 9.10. The van der Waals surface area contributed by atoms with Crippen LogP contribution in [0.2, 0.25) is 0 Å². The number of nitrogens with zero attached hydrogens (tertiary/aromatic N) is 1. The van der Waals surface area contributed by atoms with Crippen LogP contribution in [0.5, 0.6) is 5.75 Å². The molecular weight excluding hydrogens is 565 g/mol. The van der Waals surface area contributed by atoms with Gasteiger partial charge in [0, 0.05) is 22.3 Å². The molecule has 3 N–H and O–H groups in total. The molecule has 0 radical (unpaired) electrons. The molecule has 190 valence electrons. The number of hydrogen-bond donors (Lipinski definition) is 3. The Hall–Kier alpha value is -3.09. The fraction of sp³-hybridized carbons (Fsp3) is 0.208. The normalized spacial score (nSPS) is 14.0. The van der Waals surface area contributed by atoms with Crippen molar-refractivity contribution in [2.24, 2.45) is 0 Å². The number of aromatic hydroxyl groups is 1. The number of phenols is 1. The lowest BCUT2D eigenvalue weighted by Crippen LogP contribution is -2.37. The predicted molar refractivity (Wildman–Crippen MR) is 133 cm³/mol. The van der Waals surface area contributed by atoms with Crippen LogP contribution in [0.25, 0.3) is 11.1 Å². The van der Waals surface area contributed by atoms with Gasteiger partial charge in [-0.15, -0.1) is 0 Å². The maximum atomic E-state index is 13.2. The first-order valence-electron chi connectivity index (χ1n) is 10.7. The summed E-state index contributed by atoms with van der Waals surface area (Å²) in [6.45, 7) is -0.334. The number of carbonyl (C=O) groups excluding carboxylic acids is 1. The molecule has 0 fully saturated rings. The molecule has 1 amide bonds. The Bertz CT molecular complexity index is 1440. The first kappa shape index (κ1) is 26.0. The van der Waals surface area contributed by atoms with Crippen molar-refractivity contribution in [2.45, 2.75) is 12.6 Å². The van der Waals surface area contributed by atoms with Crippen molar-refractivity contribution >= 4 is 43.2 Å². The van der Waals surface area contributed by atoms with Gasteiger partial charge in [0.05, 0.1) is 23.6 Å². The number of benzene rings is 3. The maximum absolute atomic E-state index is 13.2. The van der Waals surface area contributed by atoms with Gasteiger partial charge in [0.1, 0.15) is 5.75 Å². The van der Waals surface area contributed by atoms with Gasteiger partial charge in [0.15, 0.2) is 0 Å². The lowest BCUT2D eigenvalue weighted by molar-refractivity contribution is -0.137. The van der Waals surface area contributed by atoms with E-state index in [0.29, 0.717) is 28.8 Å². The summed E-state index contributed by atoms with van der Waals surface area (Å²) in [5, 5.41) is 19.0. The van der Waals surface area contributed by atoms with Crippen molar-refractivity contribution in [1.29, 1.82) is 0 Å². The minimum atomic E-state index is -4.46. The van der Waals surface area contributed by atoms with Crippen molar-refractivity contribution in [2.75, 3.05) is 28.5 Å². The van der Waals surface area contributed by atoms with E-state index < -0.39 is 34.1 Å². The zero-order valence-corrected chi connectivity index (χ0v) is 20.9. The first-order valence-corrected chi connectivity index (χ1v) is 13.1. The van der Waals surface area contributed by atoms with Crippen LogP contribution >= 0.6 is 15.9 Å². The first-order chi connectivity index (χ1) is 16.9. The molecule has 12 heteroatoms. The molecule has 0 saturated carbocycles. The maximum Gasteiger partial charge on any atom is 0.416 e. The summed E-state index contributed by atoms with van der Waals surface area (Å²) in [6.07, 6.45) is -4.01. The van der Waals surface area contributed by atoms with Gasteiger partial charge in [-0.1, -0.05) is 34.1 Å². The third-order valence-corrected chi connectivity index (χ3v) is 7.62. The standard InChI is InChI=1S/C24H20BrF3N2O5S/c25-20-12-16(24(26,27)28)2-5-18(20)14-1-4-19-15(11-14)7-8-30(23(19)33)17-3-6-22(32)21(13-17)29-36(34,35)10-9-31/h1-6,11-13,29,31-32H,7-10H2. The Morgan fingerprint density at radius 2 is 1.75 bits per heavy atom. The van der Waals surface area contributed by atoms with Gasteiger partial charge in [-0.05, 0) is 59.5 Å². The summed E-state index contributed by atoms with van der Waals surface area (Å²) in [6, 6.07) is 12.5. The SMILES string of the molecule is O=C1c2ccc(-c3ccc(C(F)(F)F)cc3Br)cc2CCN1c1ccc(O)c(NS(=O)(=O)CCO)c1. The molecule has 1 heterocycles. The molecule has 0 atom stereocenters. The van der Waals surface area contributed by atoms with E-state index in [9.17, 15) is 31.5 Å². The number of phenolic OH excluding ortho intramolecular Hbond substituents is 1. The fourth-order valence-electron chi connectivity index (χ4n) is 3.94. The molecule has 0 aromatic heterocycles. The van der Waals surface area contributed by atoms with Gasteiger partial charge in [-0.2, -0.15) is 13.2 Å². The predicted octanol–water partition coefficient (Wildman–Crippen LogP) is 4.78. The summed E-state index contributed by atoms with van der Waals surface area (Å²) in [7, 11) is -3.89. The zero-order valence-electron chi connectivity index (χ0n) is 18.5. The third kappa shape index (κ3) is 5.35. The van der Waals surface area contributed by atoms with Crippen LogP contribution in [0.15, 0.2) is 59.1 Å². The molecule has 0 aliphatic carbocycles. The summed E-state index contributed by atoms with van der Waals surface area (Å²) in [4.78, 5) is 14.7. The van der Waals surface area contributed by atoms with Crippen LogP contribution in [0, 0.1) is 0 Å². The molecule has 0 spiro atoms. The van der Waals surface area contributed by atoms with Crippen LogP contribution in [-0.4, -0.2) is 43.4 Å². The monoisotopic (exact) mass is 584 g/mol. The number of hydrogen-bond acceptors (Lipinski definition) is 5. The van der Waals surface area contributed by atoms with E-state index in [2.05, 4.69) is 20.7 Å². The van der Waals surface area contributed by atoms with E-state index in [0.717, 1.165) is 17.7 Å². The fourth-order valence-corrected chi connectivity index (χ4v) is 5.39. The number of aliphatic hydroxyl groups is 1. The number of nitrogens with one attached hydrogen (secondary N) is 1. The Kier molecular flexibility index (Phi) is 7.04. The summed E-state index contributed by atoms with van der Waals surface area (Å²) < 4.78 is 65.4. The van der Waals surface area contributed by atoms with Crippen molar-refractivity contribution in [3.05, 3.63) is 75.8 Å². The number of aliphatic hydroxyl groups excluding tert-OH is 1. The van der Waals surface area contributed by atoms with Crippen LogP contribution in [0.3, 0.4) is 0 Å². The highest BCUT2D eigenvalue weighted by Crippen LogP contribution is 2.37. The molecule has 1 aliphatic heterocycles. The Balaban J connectivity index is 1.61. The van der Waals surface area contributed by atoms with Crippen molar-refractivity contribution in [3.8, 4) is 16.9 Å². The van der Waals surface area contributed by atoms with E-state index >= 15 is 0 Å². The van der Waals surface area contributed by atoms with E-state index in [1.54, 1.807) is 18.2 Å².